The van der Waals surface area contributed by atoms with Gasteiger partial charge in [0.1, 0.15) is 5.75 Å². The van der Waals surface area contributed by atoms with E-state index in [1.807, 2.05) is 24.3 Å². The van der Waals surface area contributed by atoms with Crippen molar-refractivity contribution >= 4 is 41.4 Å². The van der Waals surface area contributed by atoms with Crippen LogP contribution in [0.3, 0.4) is 0 Å². The predicted octanol–water partition coefficient (Wildman–Crippen LogP) is 4.17. The maximum Gasteiger partial charge on any atom is 0.264 e. The molecule has 0 aliphatic heterocycles. The zero-order chi connectivity index (χ0) is 16.7. The molecule has 0 aromatic heterocycles. The molecule has 0 aliphatic carbocycles. The van der Waals surface area contributed by atoms with Crippen LogP contribution in [0.5, 0.6) is 5.75 Å². The van der Waals surface area contributed by atoms with Gasteiger partial charge in [-0.25, -0.2) is 5.43 Å². The summed E-state index contributed by atoms with van der Waals surface area (Å²) in [5.41, 5.74) is 4.02. The van der Waals surface area contributed by atoms with E-state index in [1.165, 1.54) is 12.3 Å². The lowest BCUT2D eigenvalue weighted by atomic mass is 10.2. The van der Waals surface area contributed by atoms with E-state index in [1.54, 1.807) is 31.4 Å². The van der Waals surface area contributed by atoms with Gasteiger partial charge < -0.3 is 4.74 Å². The van der Waals surface area contributed by atoms with Crippen molar-refractivity contribution in [3.63, 3.8) is 0 Å². The van der Waals surface area contributed by atoms with Gasteiger partial charge in [0.05, 0.1) is 23.4 Å². The lowest BCUT2D eigenvalue weighted by molar-refractivity contribution is -0.116. The lowest BCUT2D eigenvalue weighted by Gasteiger charge is -1.99. The Morgan fingerprint density at radius 2 is 1.78 bits per heavy atom. The molecule has 1 amide bonds. The average molecular weight is 349 g/mol. The average Bonchev–Trinajstić information content (AvgIpc) is 2.56. The molecule has 0 bridgehead atoms. The first-order valence-corrected chi connectivity index (χ1v) is 7.44. The molecular formula is C17H14Cl2N2O2. The molecule has 0 saturated heterocycles. The number of rotatable bonds is 5. The van der Waals surface area contributed by atoms with E-state index >= 15 is 0 Å². The van der Waals surface area contributed by atoms with Crippen molar-refractivity contribution in [3.8, 4) is 5.75 Å². The van der Waals surface area contributed by atoms with Crippen molar-refractivity contribution in [2.75, 3.05) is 7.11 Å². The second-order valence-electron chi connectivity index (χ2n) is 4.51. The predicted molar refractivity (Wildman–Crippen MR) is 94.2 cm³/mol. The third-order valence-corrected chi connectivity index (χ3v) is 3.61. The van der Waals surface area contributed by atoms with Gasteiger partial charge in [-0.3, -0.25) is 4.79 Å². The molecule has 0 unspecified atom stereocenters. The van der Waals surface area contributed by atoms with Crippen molar-refractivity contribution < 1.29 is 9.53 Å². The standard InChI is InChI=1S/C17H14Cl2N2O2/c1-23-14-6-2-12(3-7-14)5-9-17(22)21-20-11-13-4-8-15(18)16(19)10-13/h2-11H,1H3,(H,21,22)/b9-5+,20-11-. The van der Waals surface area contributed by atoms with Crippen LogP contribution in [0.25, 0.3) is 6.08 Å². The number of nitrogens with one attached hydrogen (secondary N) is 1. The highest BCUT2D eigenvalue weighted by atomic mass is 35.5. The number of nitrogens with zero attached hydrogens (tertiary/aromatic N) is 1. The summed E-state index contributed by atoms with van der Waals surface area (Å²) in [4.78, 5) is 11.7. The molecule has 118 valence electrons. The molecular weight excluding hydrogens is 335 g/mol. The van der Waals surface area contributed by atoms with Crippen LogP contribution in [0.15, 0.2) is 53.6 Å². The normalized spacial score (nSPS) is 11.1. The Hall–Kier alpha value is -2.30. The number of hydrogen-bond acceptors (Lipinski definition) is 3. The van der Waals surface area contributed by atoms with Gasteiger partial charge in [-0.2, -0.15) is 5.10 Å². The first-order chi connectivity index (χ1) is 11.1. The summed E-state index contributed by atoms with van der Waals surface area (Å²) in [5.74, 6) is 0.426. The monoisotopic (exact) mass is 348 g/mol. The fourth-order valence-corrected chi connectivity index (χ4v) is 1.99. The Balaban J connectivity index is 1.89. The number of methoxy groups -OCH3 is 1. The largest absolute Gasteiger partial charge is 0.497 e. The van der Waals surface area contributed by atoms with Gasteiger partial charge in [-0.1, -0.05) is 41.4 Å². The fourth-order valence-electron chi connectivity index (χ4n) is 1.69. The molecule has 1 N–H and O–H groups in total. The summed E-state index contributed by atoms with van der Waals surface area (Å²) >= 11 is 11.7. The summed E-state index contributed by atoms with van der Waals surface area (Å²) in [7, 11) is 1.60. The van der Waals surface area contributed by atoms with Gasteiger partial charge in [0.25, 0.3) is 5.91 Å². The van der Waals surface area contributed by atoms with E-state index in [0.29, 0.717) is 10.0 Å². The molecule has 2 aromatic carbocycles. The van der Waals surface area contributed by atoms with Crippen molar-refractivity contribution in [3.05, 3.63) is 69.7 Å². The SMILES string of the molecule is COc1ccc(/C=C/C(=O)N/N=C\c2ccc(Cl)c(Cl)c2)cc1. The van der Waals surface area contributed by atoms with Crippen LogP contribution in [0.1, 0.15) is 11.1 Å². The fraction of sp³-hybridized carbons (Fsp3) is 0.0588. The molecule has 0 aliphatic rings. The van der Waals surface area contributed by atoms with Gasteiger partial charge in [-0.15, -0.1) is 0 Å². The van der Waals surface area contributed by atoms with E-state index in [-0.39, 0.29) is 5.91 Å². The highest BCUT2D eigenvalue weighted by Crippen LogP contribution is 2.21. The minimum atomic E-state index is -0.336. The van der Waals surface area contributed by atoms with Crippen LogP contribution in [0.4, 0.5) is 0 Å². The molecule has 0 radical (unpaired) electrons. The van der Waals surface area contributed by atoms with Crippen LogP contribution in [0, 0.1) is 0 Å². The second-order valence-corrected chi connectivity index (χ2v) is 5.33. The smallest absolute Gasteiger partial charge is 0.264 e. The first-order valence-electron chi connectivity index (χ1n) is 6.69. The number of hydrazone groups is 1. The summed E-state index contributed by atoms with van der Waals surface area (Å²) < 4.78 is 5.07. The first kappa shape index (κ1) is 17.1. The number of amides is 1. The van der Waals surface area contributed by atoms with Gasteiger partial charge in [0, 0.05) is 6.08 Å². The molecule has 2 rings (SSSR count). The van der Waals surface area contributed by atoms with Crippen molar-refractivity contribution in [1.82, 2.24) is 5.43 Å². The number of carbonyl (C=O) groups excluding carboxylic acids is 1. The van der Waals surface area contributed by atoms with E-state index in [2.05, 4.69) is 10.5 Å². The van der Waals surface area contributed by atoms with E-state index in [4.69, 9.17) is 27.9 Å². The number of benzene rings is 2. The molecule has 0 spiro atoms. The van der Waals surface area contributed by atoms with E-state index in [0.717, 1.165) is 16.9 Å². The quantitative estimate of drug-likeness (QED) is 0.501. The maximum absolute atomic E-state index is 11.7. The highest BCUT2D eigenvalue weighted by Gasteiger charge is 1.98. The number of halogens is 2. The minimum absolute atomic E-state index is 0.336. The number of ether oxygens (including phenoxy) is 1. The van der Waals surface area contributed by atoms with Gasteiger partial charge in [-0.05, 0) is 41.5 Å². The van der Waals surface area contributed by atoms with E-state index < -0.39 is 0 Å². The van der Waals surface area contributed by atoms with Crippen LogP contribution in [-0.2, 0) is 4.79 Å². The summed E-state index contributed by atoms with van der Waals surface area (Å²) in [5, 5.41) is 4.75. The molecule has 4 nitrogen and oxygen atoms in total. The highest BCUT2D eigenvalue weighted by molar-refractivity contribution is 6.42. The second kappa shape index (κ2) is 8.36. The van der Waals surface area contributed by atoms with Crippen molar-refractivity contribution in [2.45, 2.75) is 0 Å². The lowest BCUT2D eigenvalue weighted by Crippen LogP contribution is -2.14. The minimum Gasteiger partial charge on any atom is -0.497 e. The molecule has 2 aromatic rings. The molecule has 0 fully saturated rings. The van der Waals surface area contributed by atoms with Crippen molar-refractivity contribution in [2.24, 2.45) is 5.10 Å². The molecule has 6 heteroatoms. The Bertz CT molecular complexity index is 741. The van der Waals surface area contributed by atoms with Crippen LogP contribution < -0.4 is 10.2 Å². The Morgan fingerprint density at radius 3 is 2.43 bits per heavy atom. The van der Waals surface area contributed by atoms with Crippen LogP contribution in [0.2, 0.25) is 10.0 Å². The molecule has 0 atom stereocenters. The molecule has 0 heterocycles. The third kappa shape index (κ3) is 5.43. The van der Waals surface area contributed by atoms with Crippen molar-refractivity contribution in [1.29, 1.82) is 0 Å². The van der Waals surface area contributed by atoms with Crippen LogP contribution in [-0.4, -0.2) is 19.2 Å². The Labute approximate surface area is 144 Å². The summed E-state index contributed by atoms with van der Waals surface area (Å²) in [6.07, 6.45) is 4.57. The number of hydrogen-bond donors (Lipinski definition) is 1. The summed E-state index contributed by atoms with van der Waals surface area (Å²) in [6.45, 7) is 0. The van der Waals surface area contributed by atoms with Crippen LogP contribution >= 0.6 is 23.2 Å². The Kier molecular flexibility index (Phi) is 6.20. The molecule has 23 heavy (non-hydrogen) atoms. The maximum atomic E-state index is 11.7. The molecule has 0 saturated carbocycles. The third-order valence-electron chi connectivity index (χ3n) is 2.87. The van der Waals surface area contributed by atoms with E-state index in [9.17, 15) is 4.79 Å². The number of carbonyl (C=O) groups is 1. The topological polar surface area (TPSA) is 50.7 Å². The zero-order valence-corrected chi connectivity index (χ0v) is 13.8. The van der Waals surface area contributed by atoms with Gasteiger partial charge in [0.15, 0.2) is 0 Å². The van der Waals surface area contributed by atoms with Gasteiger partial charge in [0.2, 0.25) is 0 Å². The summed E-state index contributed by atoms with van der Waals surface area (Å²) in [6, 6.07) is 12.4. The van der Waals surface area contributed by atoms with Gasteiger partial charge >= 0.3 is 0 Å². The Morgan fingerprint density at radius 1 is 1.09 bits per heavy atom. The zero-order valence-electron chi connectivity index (χ0n) is 12.3.